The number of hydrogen-bond donors (Lipinski definition) is 3. The first-order valence-corrected chi connectivity index (χ1v) is 7.55. The molecule has 0 saturated carbocycles. The van der Waals surface area contributed by atoms with Crippen LogP contribution in [0.4, 0.5) is 10.1 Å². The molecule has 0 amide bonds. The molecule has 108 valence electrons. The Bertz CT molecular complexity index is 551. The molecule has 5 nitrogen and oxygen atoms in total. The van der Waals surface area contributed by atoms with Crippen LogP contribution in [0.2, 0.25) is 5.02 Å². The zero-order valence-corrected chi connectivity index (χ0v) is 11.9. The zero-order valence-electron chi connectivity index (χ0n) is 10.4. The second kappa shape index (κ2) is 6.51. The smallest absolute Gasteiger partial charge is 0.243 e. The summed E-state index contributed by atoms with van der Waals surface area (Å²) in [5.41, 5.74) is 5.52. The number of anilines is 1. The van der Waals surface area contributed by atoms with Crippen molar-refractivity contribution in [1.29, 1.82) is 0 Å². The van der Waals surface area contributed by atoms with Crippen LogP contribution in [0, 0.1) is 5.82 Å². The number of benzene rings is 1. The van der Waals surface area contributed by atoms with Crippen LogP contribution < -0.4 is 10.5 Å². The highest BCUT2D eigenvalue weighted by Crippen LogP contribution is 2.26. The van der Waals surface area contributed by atoms with E-state index in [4.69, 9.17) is 22.4 Å². The second-order valence-corrected chi connectivity index (χ2v) is 6.14. The third kappa shape index (κ3) is 4.04. The number of aliphatic hydroxyl groups excluding tert-OH is 1. The summed E-state index contributed by atoms with van der Waals surface area (Å²) in [4.78, 5) is -0.589. The van der Waals surface area contributed by atoms with E-state index in [1.165, 1.54) is 0 Å². The van der Waals surface area contributed by atoms with Gasteiger partial charge in [-0.05, 0) is 25.0 Å². The quantitative estimate of drug-likeness (QED) is 0.694. The first-order valence-electron chi connectivity index (χ1n) is 5.69. The van der Waals surface area contributed by atoms with Gasteiger partial charge >= 0.3 is 0 Å². The van der Waals surface area contributed by atoms with Gasteiger partial charge in [0.2, 0.25) is 10.0 Å². The van der Waals surface area contributed by atoms with E-state index in [1.807, 2.05) is 0 Å². The van der Waals surface area contributed by atoms with Crippen molar-refractivity contribution in [2.75, 3.05) is 12.3 Å². The lowest BCUT2D eigenvalue weighted by Crippen LogP contribution is -2.35. The second-order valence-electron chi connectivity index (χ2n) is 4.05. The number of aliphatic hydroxyl groups is 1. The Morgan fingerprint density at radius 2 is 2.16 bits per heavy atom. The Labute approximate surface area is 116 Å². The molecule has 0 spiro atoms. The van der Waals surface area contributed by atoms with Crippen molar-refractivity contribution >= 4 is 27.3 Å². The van der Waals surface area contributed by atoms with Gasteiger partial charge in [0, 0.05) is 18.3 Å². The molecule has 1 aromatic carbocycles. The van der Waals surface area contributed by atoms with E-state index in [1.54, 1.807) is 6.92 Å². The Balaban J connectivity index is 3.13. The zero-order chi connectivity index (χ0) is 14.6. The lowest BCUT2D eigenvalue weighted by atomic mass is 10.2. The van der Waals surface area contributed by atoms with Crippen LogP contribution in [0.25, 0.3) is 0 Å². The molecule has 4 N–H and O–H groups in total. The first-order chi connectivity index (χ1) is 8.81. The molecule has 8 heteroatoms. The fourth-order valence-corrected chi connectivity index (χ4v) is 3.34. The molecule has 0 radical (unpaired) electrons. The van der Waals surface area contributed by atoms with Crippen LogP contribution in [0.3, 0.4) is 0 Å². The third-order valence-electron chi connectivity index (χ3n) is 2.60. The molecule has 0 heterocycles. The van der Waals surface area contributed by atoms with Gasteiger partial charge < -0.3 is 10.8 Å². The molecule has 1 unspecified atom stereocenters. The lowest BCUT2D eigenvalue weighted by molar-refractivity contribution is 0.270. The van der Waals surface area contributed by atoms with Gasteiger partial charge in [-0.15, -0.1) is 0 Å². The lowest BCUT2D eigenvalue weighted by Gasteiger charge is -2.16. The molecule has 19 heavy (non-hydrogen) atoms. The average Bonchev–Trinajstić information content (AvgIpc) is 2.32. The van der Waals surface area contributed by atoms with Crippen molar-refractivity contribution in [2.45, 2.75) is 30.7 Å². The third-order valence-corrected chi connectivity index (χ3v) is 4.39. The van der Waals surface area contributed by atoms with Crippen molar-refractivity contribution in [3.63, 3.8) is 0 Å². The van der Waals surface area contributed by atoms with E-state index in [0.29, 0.717) is 6.42 Å². The monoisotopic (exact) mass is 310 g/mol. The van der Waals surface area contributed by atoms with E-state index < -0.39 is 26.8 Å². The molecule has 0 bridgehead atoms. The maximum atomic E-state index is 13.8. The summed E-state index contributed by atoms with van der Waals surface area (Å²) >= 11 is 5.57. The summed E-state index contributed by atoms with van der Waals surface area (Å²) in [6.07, 6.45) is 0.713. The summed E-state index contributed by atoms with van der Waals surface area (Å²) in [5, 5.41) is 8.48. The minimum atomic E-state index is -4.07. The number of hydrogen-bond acceptors (Lipinski definition) is 4. The fourth-order valence-electron chi connectivity index (χ4n) is 1.56. The SMILES string of the molecule is CCC(CCO)NS(=O)(=O)c1cc(N)cc(Cl)c1F. The van der Waals surface area contributed by atoms with Crippen LogP contribution in [0.5, 0.6) is 0 Å². The van der Waals surface area contributed by atoms with Gasteiger partial charge in [0.25, 0.3) is 0 Å². The molecule has 0 aliphatic heterocycles. The minimum absolute atomic E-state index is 0.0574. The molecule has 0 fully saturated rings. The molecular weight excluding hydrogens is 295 g/mol. The number of nitrogens with two attached hydrogens (primary N) is 1. The van der Waals surface area contributed by atoms with E-state index in [2.05, 4.69) is 4.72 Å². The predicted molar refractivity (Wildman–Crippen MR) is 71.9 cm³/mol. The van der Waals surface area contributed by atoms with Crippen LogP contribution >= 0.6 is 11.6 Å². The van der Waals surface area contributed by atoms with Gasteiger partial charge in [-0.1, -0.05) is 18.5 Å². The fraction of sp³-hybridized carbons (Fsp3) is 0.455. The number of sulfonamides is 1. The summed E-state index contributed by atoms with van der Waals surface area (Å²) in [6.45, 7) is 1.59. The summed E-state index contributed by atoms with van der Waals surface area (Å²) < 4.78 is 40.2. The Hall–Kier alpha value is -0.890. The number of halogens is 2. The first kappa shape index (κ1) is 16.2. The van der Waals surface area contributed by atoms with Crippen molar-refractivity contribution < 1.29 is 17.9 Å². The summed E-state index contributed by atoms with van der Waals surface area (Å²) in [5.74, 6) is -1.04. The molecule has 1 aromatic rings. The van der Waals surface area contributed by atoms with Gasteiger partial charge in [-0.25, -0.2) is 17.5 Å². The predicted octanol–water partition coefficient (Wildman–Crippen LogP) is 1.50. The number of nitrogen functional groups attached to an aromatic ring is 1. The highest BCUT2D eigenvalue weighted by molar-refractivity contribution is 7.89. The Kier molecular flexibility index (Phi) is 5.54. The van der Waals surface area contributed by atoms with E-state index in [0.717, 1.165) is 12.1 Å². The largest absolute Gasteiger partial charge is 0.399 e. The van der Waals surface area contributed by atoms with Gasteiger partial charge in [0.1, 0.15) is 4.90 Å². The maximum Gasteiger partial charge on any atom is 0.243 e. The highest BCUT2D eigenvalue weighted by Gasteiger charge is 2.24. The molecule has 1 rings (SSSR count). The molecule has 0 aliphatic rings. The summed E-state index contributed by atoms with van der Waals surface area (Å²) in [6, 6.07) is 1.67. The van der Waals surface area contributed by atoms with E-state index >= 15 is 0 Å². The molecular formula is C11H16ClFN2O3S. The van der Waals surface area contributed by atoms with Crippen molar-refractivity contribution in [3.05, 3.63) is 23.0 Å². The molecule has 0 saturated heterocycles. The molecule has 0 aromatic heterocycles. The van der Waals surface area contributed by atoms with Crippen molar-refractivity contribution in [2.24, 2.45) is 0 Å². The Morgan fingerprint density at radius 1 is 1.53 bits per heavy atom. The topological polar surface area (TPSA) is 92.4 Å². The summed E-state index contributed by atoms with van der Waals surface area (Å²) in [7, 11) is -4.07. The average molecular weight is 311 g/mol. The highest BCUT2D eigenvalue weighted by atomic mass is 35.5. The molecule has 1 atom stereocenters. The Morgan fingerprint density at radius 3 is 2.68 bits per heavy atom. The van der Waals surface area contributed by atoms with Crippen molar-refractivity contribution in [3.8, 4) is 0 Å². The van der Waals surface area contributed by atoms with Crippen LogP contribution in [0.1, 0.15) is 19.8 Å². The van der Waals surface area contributed by atoms with Crippen molar-refractivity contribution in [1.82, 2.24) is 4.72 Å². The van der Waals surface area contributed by atoms with Gasteiger partial charge in [-0.3, -0.25) is 0 Å². The number of nitrogens with one attached hydrogen (secondary N) is 1. The van der Waals surface area contributed by atoms with Gasteiger partial charge in [0.15, 0.2) is 5.82 Å². The van der Waals surface area contributed by atoms with Crippen LogP contribution in [0.15, 0.2) is 17.0 Å². The van der Waals surface area contributed by atoms with Gasteiger partial charge in [-0.2, -0.15) is 0 Å². The standard InChI is InChI=1S/C11H16ClFN2O3S/c1-2-8(3-4-16)15-19(17,18)10-6-7(14)5-9(12)11(10)13/h5-6,8,15-16H,2-4,14H2,1H3. The van der Waals surface area contributed by atoms with Gasteiger partial charge in [0.05, 0.1) is 5.02 Å². The maximum absolute atomic E-state index is 13.8. The normalized spacial score (nSPS) is 13.5. The van der Waals surface area contributed by atoms with Crippen LogP contribution in [-0.2, 0) is 10.0 Å². The number of rotatable bonds is 6. The van der Waals surface area contributed by atoms with E-state index in [-0.39, 0.29) is 23.7 Å². The minimum Gasteiger partial charge on any atom is -0.399 e. The van der Waals surface area contributed by atoms with Crippen LogP contribution in [-0.4, -0.2) is 26.2 Å². The molecule has 0 aliphatic carbocycles. The van der Waals surface area contributed by atoms with E-state index in [9.17, 15) is 12.8 Å².